The van der Waals surface area contributed by atoms with Crippen LogP contribution in [0.3, 0.4) is 0 Å². The van der Waals surface area contributed by atoms with Gasteiger partial charge in [-0.25, -0.2) is 4.98 Å². The van der Waals surface area contributed by atoms with Crippen LogP contribution in [0.2, 0.25) is 0 Å². The number of amides is 1. The van der Waals surface area contributed by atoms with Crippen molar-refractivity contribution in [2.75, 3.05) is 26.6 Å². The number of nitrogens with one attached hydrogen (secondary N) is 1. The van der Waals surface area contributed by atoms with Crippen LogP contribution in [0.1, 0.15) is 10.4 Å². The molecule has 0 saturated carbocycles. The number of benzene rings is 4. The molecule has 0 saturated heterocycles. The van der Waals surface area contributed by atoms with Crippen LogP contribution < -0.4 is 19.5 Å². The molecule has 0 fully saturated rings. The van der Waals surface area contributed by atoms with Crippen LogP contribution in [0.5, 0.6) is 17.2 Å². The Bertz CT molecular complexity index is 1890. The van der Waals surface area contributed by atoms with E-state index < -0.39 is 0 Å². The number of nitrogens with zero attached hydrogens (tertiary/aromatic N) is 3. The molecule has 4 aromatic carbocycles. The maximum Gasteiger partial charge on any atom is 0.255 e. The zero-order valence-corrected chi connectivity index (χ0v) is 26.2. The Morgan fingerprint density at radius 2 is 1.41 bits per heavy atom. The number of rotatable bonds is 9. The standard InChI is InChI=1S/C33H25BrN4O5S/c1-40-28-16-23(17-29(41-2)30(28)42-3)27-18-26(37-43-27)19-4-6-20(7-5-19)31-36-33(44-38-31)22-10-14-25(15-11-22)35-32(39)21-8-12-24(34)13-9-21/h4-18H,1-3H3,(H,35,39). The Morgan fingerprint density at radius 1 is 0.773 bits per heavy atom. The number of carbonyl (C=O) groups excluding carboxylic acids is 1. The molecule has 0 unspecified atom stereocenters. The summed E-state index contributed by atoms with van der Waals surface area (Å²) >= 11 is 4.70. The van der Waals surface area contributed by atoms with Crippen molar-refractivity contribution in [1.29, 1.82) is 0 Å². The van der Waals surface area contributed by atoms with Gasteiger partial charge in [0.15, 0.2) is 23.1 Å². The van der Waals surface area contributed by atoms with E-state index in [1.807, 2.05) is 78.9 Å². The summed E-state index contributed by atoms with van der Waals surface area (Å²) < 4.78 is 27.5. The first kappa shape index (κ1) is 29.1. The molecule has 44 heavy (non-hydrogen) atoms. The van der Waals surface area contributed by atoms with Gasteiger partial charge in [-0.3, -0.25) is 4.79 Å². The fourth-order valence-electron chi connectivity index (χ4n) is 4.52. The second-order valence-corrected chi connectivity index (χ2v) is 11.2. The molecule has 0 aliphatic heterocycles. The first-order chi connectivity index (χ1) is 21.4. The second-order valence-electron chi connectivity index (χ2n) is 9.53. The minimum atomic E-state index is -0.171. The molecule has 1 amide bonds. The highest BCUT2D eigenvalue weighted by atomic mass is 79.9. The van der Waals surface area contributed by atoms with Gasteiger partial charge in [0.05, 0.1) is 21.3 Å². The molecule has 0 aliphatic rings. The van der Waals surface area contributed by atoms with E-state index >= 15 is 0 Å². The van der Waals surface area contributed by atoms with Crippen LogP contribution in [0.15, 0.2) is 100.0 Å². The van der Waals surface area contributed by atoms with Crippen LogP contribution in [-0.4, -0.2) is 41.8 Å². The summed E-state index contributed by atoms with van der Waals surface area (Å²) in [5, 5.41) is 7.96. The van der Waals surface area contributed by atoms with Gasteiger partial charge in [0.1, 0.15) is 10.7 Å². The van der Waals surface area contributed by atoms with Gasteiger partial charge in [-0.05, 0) is 72.2 Å². The van der Waals surface area contributed by atoms with Crippen molar-refractivity contribution >= 4 is 39.1 Å². The SMILES string of the molecule is COc1cc(-c2cc(-c3ccc(-c4nsc(-c5ccc(NC(=O)c6ccc(Br)cc6)cc5)n4)cc3)no2)cc(OC)c1OC. The monoisotopic (exact) mass is 668 g/mol. The van der Waals surface area contributed by atoms with Gasteiger partial charge < -0.3 is 24.1 Å². The fourth-order valence-corrected chi connectivity index (χ4v) is 5.47. The quantitative estimate of drug-likeness (QED) is 0.164. The molecule has 220 valence electrons. The number of ether oxygens (including phenoxy) is 3. The predicted molar refractivity (Wildman–Crippen MR) is 173 cm³/mol. The van der Waals surface area contributed by atoms with Gasteiger partial charge >= 0.3 is 0 Å². The molecule has 0 atom stereocenters. The third-order valence-corrected chi connectivity index (χ3v) is 8.11. The highest BCUT2D eigenvalue weighted by molar-refractivity contribution is 9.10. The van der Waals surface area contributed by atoms with Gasteiger partial charge in [-0.2, -0.15) is 4.37 Å². The van der Waals surface area contributed by atoms with E-state index in [4.69, 9.17) is 23.7 Å². The molecule has 0 spiro atoms. The van der Waals surface area contributed by atoms with Gasteiger partial charge in [-0.1, -0.05) is 45.4 Å². The van der Waals surface area contributed by atoms with Crippen molar-refractivity contribution in [3.05, 3.63) is 101 Å². The summed E-state index contributed by atoms with van der Waals surface area (Å²) in [6.07, 6.45) is 0. The highest BCUT2D eigenvalue weighted by Gasteiger charge is 2.17. The molecule has 11 heteroatoms. The summed E-state index contributed by atoms with van der Waals surface area (Å²) in [5.74, 6) is 2.58. The fraction of sp³-hybridized carbons (Fsp3) is 0.0909. The molecule has 0 aliphatic carbocycles. The molecule has 9 nitrogen and oxygen atoms in total. The van der Waals surface area contributed by atoms with E-state index in [1.54, 1.807) is 33.5 Å². The van der Waals surface area contributed by atoms with E-state index in [2.05, 4.69) is 30.8 Å². The maximum absolute atomic E-state index is 12.5. The van der Waals surface area contributed by atoms with E-state index in [-0.39, 0.29) is 5.91 Å². The lowest BCUT2D eigenvalue weighted by molar-refractivity contribution is 0.102. The molecule has 1 N–H and O–H groups in total. The van der Waals surface area contributed by atoms with Crippen molar-refractivity contribution in [3.63, 3.8) is 0 Å². The zero-order valence-electron chi connectivity index (χ0n) is 23.8. The van der Waals surface area contributed by atoms with E-state index in [9.17, 15) is 4.79 Å². The van der Waals surface area contributed by atoms with Crippen LogP contribution in [-0.2, 0) is 0 Å². The lowest BCUT2D eigenvalue weighted by Gasteiger charge is -2.12. The molecular weight excluding hydrogens is 644 g/mol. The topological polar surface area (TPSA) is 109 Å². The number of carbonyl (C=O) groups is 1. The average Bonchev–Trinajstić information content (AvgIpc) is 3.76. The number of halogens is 1. The summed E-state index contributed by atoms with van der Waals surface area (Å²) in [6.45, 7) is 0. The van der Waals surface area contributed by atoms with Crippen molar-refractivity contribution in [2.24, 2.45) is 0 Å². The zero-order chi connectivity index (χ0) is 30.6. The third-order valence-electron chi connectivity index (χ3n) is 6.82. The summed E-state index contributed by atoms with van der Waals surface area (Å²) in [5.41, 5.74) is 5.38. The smallest absolute Gasteiger partial charge is 0.255 e. The average molecular weight is 670 g/mol. The molecule has 0 radical (unpaired) electrons. The van der Waals surface area contributed by atoms with Gasteiger partial charge in [-0.15, -0.1) is 0 Å². The lowest BCUT2D eigenvalue weighted by Crippen LogP contribution is -2.11. The number of hydrogen-bond donors (Lipinski definition) is 1. The molecule has 6 rings (SSSR count). The van der Waals surface area contributed by atoms with Gasteiger partial charge in [0.25, 0.3) is 5.91 Å². The summed E-state index contributed by atoms with van der Waals surface area (Å²) in [4.78, 5) is 17.3. The number of aromatic nitrogens is 3. The lowest BCUT2D eigenvalue weighted by atomic mass is 10.1. The Morgan fingerprint density at radius 3 is 2.05 bits per heavy atom. The first-order valence-electron chi connectivity index (χ1n) is 13.3. The first-order valence-corrected chi connectivity index (χ1v) is 14.9. The summed E-state index contributed by atoms with van der Waals surface area (Å²) in [6, 6.07) is 28.1. The normalized spacial score (nSPS) is 10.8. The van der Waals surface area contributed by atoms with Gasteiger partial charge in [0.2, 0.25) is 5.75 Å². The predicted octanol–water partition coefficient (Wildman–Crippen LogP) is 8.23. The highest BCUT2D eigenvalue weighted by Crippen LogP contribution is 2.41. The van der Waals surface area contributed by atoms with E-state index in [0.29, 0.717) is 45.8 Å². The summed E-state index contributed by atoms with van der Waals surface area (Å²) in [7, 11) is 4.70. The largest absolute Gasteiger partial charge is 0.493 e. The van der Waals surface area contributed by atoms with Crippen molar-refractivity contribution in [2.45, 2.75) is 0 Å². The van der Waals surface area contributed by atoms with E-state index in [0.717, 1.165) is 31.7 Å². The molecule has 2 heterocycles. The Balaban J connectivity index is 1.15. The third kappa shape index (κ3) is 6.05. The number of hydrogen-bond acceptors (Lipinski definition) is 9. The molecular formula is C33H25BrN4O5S. The number of anilines is 1. The van der Waals surface area contributed by atoms with Crippen LogP contribution in [0.4, 0.5) is 5.69 Å². The molecule has 2 aromatic heterocycles. The van der Waals surface area contributed by atoms with Crippen LogP contribution >= 0.6 is 27.5 Å². The van der Waals surface area contributed by atoms with Crippen LogP contribution in [0.25, 0.3) is 44.5 Å². The minimum absolute atomic E-state index is 0.171. The van der Waals surface area contributed by atoms with Crippen molar-refractivity contribution in [1.82, 2.24) is 14.5 Å². The molecule has 0 bridgehead atoms. The van der Waals surface area contributed by atoms with Crippen molar-refractivity contribution in [3.8, 4) is 61.8 Å². The second kappa shape index (κ2) is 12.7. The van der Waals surface area contributed by atoms with Crippen molar-refractivity contribution < 1.29 is 23.5 Å². The Hall–Kier alpha value is -5.00. The number of methoxy groups -OCH3 is 3. The molecule has 6 aromatic rings. The Kier molecular flexibility index (Phi) is 8.40. The maximum atomic E-state index is 12.5. The van der Waals surface area contributed by atoms with Crippen LogP contribution in [0, 0.1) is 0 Å². The van der Waals surface area contributed by atoms with E-state index in [1.165, 1.54) is 11.5 Å². The van der Waals surface area contributed by atoms with Gasteiger partial charge in [0, 0.05) is 44.0 Å². The minimum Gasteiger partial charge on any atom is -0.493 e. The Labute approximate surface area is 265 Å².